The molecule has 1 saturated heterocycles. The summed E-state index contributed by atoms with van der Waals surface area (Å²) in [5.41, 5.74) is 1.13. The number of nitrogens with zero attached hydrogens (tertiary/aromatic N) is 5. The first kappa shape index (κ1) is 15.4. The number of hydrogen-bond acceptors (Lipinski definition) is 4. The van der Waals surface area contributed by atoms with Crippen LogP contribution in [0.15, 0.2) is 24.7 Å². The molecule has 4 heterocycles. The van der Waals surface area contributed by atoms with Crippen LogP contribution in [0, 0.1) is 5.92 Å². The number of amides is 1. The number of carbonyl (C=O) groups is 1. The van der Waals surface area contributed by atoms with Gasteiger partial charge in [0.2, 0.25) is 5.91 Å². The highest BCUT2D eigenvalue weighted by molar-refractivity contribution is 5.79. The van der Waals surface area contributed by atoms with E-state index >= 15 is 0 Å². The third-order valence-corrected chi connectivity index (χ3v) is 5.22. The molecule has 7 nitrogen and oxygen atoms in total. The summed E-state index contributed by atoms with van der Waals surface area (Å²) >= 11 is 0. The smallest absolute Gasteiger partial charge is 0.226 e. The minimum Gasteiger partial charge on any atom is -0.377 e. The Balaban J connectivity index is 1.52. The van der Waals surface area contributed by atoms with E-state index in [2.05, 4.69) is 25.4 Å². The summed E-state index contributed by atoms with van der Waals surface area (Å²) in [6, 6.07) is 4.10. The van der Waals surface area contributed by atoms with Crippen LogP contribution in [0.4, 0.5) is 0 Å². The molecule has 0 aliphatic carbocycles. The van der Waals surface area contributed by atoms with Crippen molar-refractivity contribution in [2.75, 3.05) is 19.8 Å². The molecule has 2 atom stereocenters. The lowest BCUT2D eigenvalue weighted by Gasteiger charge is -2.37. The van der Waals surface area contributed by atoms with Gasteiger partial charge in [-0.25, -0.2) is 0 Å². The van der Waals surface area contributed by atoms with Crippen molar-refractivity contribution in [1.82, 2.24) is 24.2 Å². The van der Waals surface area contributed by atoms with Crippen molar-refractivity contribution in [1.29, 1.82) is 0 Å². The molecule has 0 spiro atoms. The summed E-state index contributed by atoms with van der Waals surface area (Å²) in [6.45, 7) is 2.67. The van der Waals surface area contributed by atoms with Gasteiger partial charge in [0.1, 0.15) is 12.2 Å². The summed E-state index contributed by atoms with van der Waals surface area (Å²) in [4.78, 5) is 15.2. The van der Waals surface area contributed by atoms with E-state index in [9.17, 15) is 4.79 Å². The normalized spacial score (nSPS) is 24.5. The molecule has 2 aliphatic heterocycles. The molecule has 0 aromatic carbocycles. The van der Waals surface area contributed by atoms with Crippen LogP contribution < -0.4 is 0 Å². The van der Waals surface area contributed by atoms with E-state index in [4.69, 9.17) is 4.74 Å². The minimum absolute atomic E-state index is 0.00760. The lowest BCUT2D eigenvalue weighted by molar-refractivity contribution is -0.145. The number of ether oxygens (including phenoxy) is 1. The molecule has 2 aromatic rings. The van der Waals surface area contributed by atoms with Gasteiger partial charge in [-0.2, -0.15) is 0 Å². The maximum Gasteiger partial charge on any atom is 0.226 e. The van der Waals surface area contributed by atoms with Crippen LogP contribution in [0.1, 0.15) is 30.4 Å². The van der Waals surface area contributed by atoms with Crippen molar-refractivity contribution in [3.8, 4) is 0 Å². The highest BCUT2D eigenvalue weighted by Crippen LogP contribution is 2.29. The Hall–Kier alpha value is -2.15. The van der Waals surface area contributed by atoms with Crippen LogP contribution in [0.5, 0.6) is 0 Å². The predicted octanol–water partition coefficient (Wildman–Crippen LogP) is 1.17. The van der Waals surface area contributed by atoms with E-state index < -0.39 is 0 Å². The van der Waals surface area contributed by atoms with E-state index in [0.717, 1.165) is 37.3 Å². The van der Waals surface area contributed by atoms with Crippen molar-refractivity contribution in [3.05, 3.63) is 36.2 Å². The first-order valence-electron chi connectivity index (χ1n) is 8.60. The van der Waals surface area contributed by atoms with Crippen LogP contribution in [-0.2, 0) is 29.5 Å². The second kappa shape index (κ2) is 6.39. The van der Waals surface area contributed by atoms with Gasteiger partial charge in [-0.3, -0.25) is 4.79 Å². The van der Waals surface area contributed by atoms with Gasteiger partial charge in [-0.15, -0.1) is 10.2 Å². The quantitative estimate of drug-likeness (QED) is 0.830. The van der Waals surface area contributed by atoms with Crippen LogP contribution in [0.3, 0.4) is 0 Å². The summed E-state index contributed by atoms with van der Waals surface area (Å²) in [7, 11) is 2.02. The van der Waals surface area contributed by atoms with E-state index in [0.29, 0.717) is 19.8 Å². The van der Waals surface area contributed by atoms with Crippen molar-refractivity contribution in [2.24, 2.45) is 13.0 Å². The molecule has 4 rings (SSSR count). The maximum absolute atomic E-state index is 13.2. The van der Waals surface area contributed by atoms with Crippen molar-refractivity contribution >= 4 is 5.91 Å². The highest BCUT2D eigenvalue weighted by Gasteiger charge is 2.34. The maximum atomic E-state index is 13.2. The molecule has 2 aromatic heterocycles. The zero-order chi connectivity index (χ0) is 16.5. The molecule has 0 radical (unpaired) electrons. The Morgan fingerprint density at radius 3 is 3.08 bits per heavy atom. The van der Waals surface area contributed by atoms with Crippen molar-refractivity contribution in [2.45, 2.75) is 31.8 Å². The van der Waals surface area contributed by atoms with Gasteiger partial charge in [0.25, 0.3) is 0 Å². The largest absolute Gasteiger partial charge is 0.377 e. The zero-order valence-electron chi connectivity index (χ0n) is 14.0. The number of morpholine rings is 1. The first-order chi connectivity index (χ1) is 11.7. The lowest BCUT2D eigenvalue weighted by Crippen LogP contribution is -2.46. The van der Waals surface area contributed by atoms with E-state index in [-0.39, 0.29) is 17.9 Å². The monoisotopic (exact) mass is 329 g/mol. The fourth-order valence-electron chi connectivity index (χ4n) is 3.82. The van der Waals surface area contributed by atoms with Crippen molar-refractivity contribution in [3.63, 3.8) is 0 Å². The van der Waals surface area contributed by atoms with Gasteiger partial charge in [0, 0.05) is 44.4 Å². The molecule has 7 heteroatoms. The molecule has 128 valence electrons. The van der Waals surface area contributed by atoms with Gasteiger partial charge in [-0.1, -0.05) is 0 Å². The standard InChI is InChI=1S/C17H23N5O2/c1-20-7-2-3-14(20)15-11-24-10-9-22(15)17(23)13-4-5-16-19-18-12-21(16)8-6-13/h2-3,7,12-13,15H,4-6,8-11H2,1H3. The Bertz CT molecular complexity index is 700. The molecule has 1 amide bonds. The van der Waals surface area contributed by atoms with Gasteiger partial charge in [-0.05, 0) is 25.0 Å². The van der Waals surface area contributed by atoms with Crippen molar-refractivity contribution < 1.29 is 9.53 Å². The predicted molar refractivity (Wildman–Crippen MR) is 87.1 cm³/mol. The third-order valence-electron chi connectivity index (χ3n) is 5.22. The molecule has 0 bridgehead atoms. The van der Waals surface area contributed by atoms with Gasteiger partial charge >= 0.3 is 0 Å². The average Bonchev–Trinajstić information content (AvgIpc) is 3.19. The van der Waals surface area contributed by atoms with Gasteiger partial charge < -0.3 is 18.8 Å². The fourth-order valence-corrected chi connectivity index (χ4v) is 3.82. The number of carbonyl (C=O) groups excluding carboxylic acids is 1. The van der Waals surface area contributed by atoms with Crippen LogP contribution in [0.2, 0.25) is 0 Å². The molecule has 0 N–H and O–H groups in total. The number of aryl methyl sites for hydroxylation is 3. The minimum atomic E-state index is 0.00760. The second-order valence-electron chi connectivity index (χ2n) is 6.63. The fraction of sp³-hybridized carbons (Fsp3) is 0.588. The Morgan fingerprint density at radius 2 is 2.25 bits per heavy atom. The van der Waals surface area contributed by atoms with E-state index in [1.54, 1.807) is 6.33 Å². The highest BCUT2D eigenvalue weighted by atomic mass is 16.5. The second-order valence-corrected chi connectivity index (χ2v) is 6.63. The third kappa shape index (κ3) is 2.73. The molecule has 0 saturated carbocycles. The van der Waals surface area contributed by atoms with Crippen LogP contribution >= 0.6 is 0 Å². The number of hydrogen-bond donors (Lipinski definition) is 0. The molecule has 24 heavy (non-hydrogen) atoms. The van der Waals surface area contributed by atoms with E-state index in [1.807, 2.05) is 24.2 Å². The topological polar surface area (TPSA) is 65.2 Å². The van der Waals surface area contributed by atoms with E-state index in [1.165, 1.54) is 0 Å². The Kier molecular flexibility index (Phi) is 4.10. The molecule has 1 fully saturated rings. The zero-order valence-corrected chi connectivity index (χ0v) is 14.0. The van der Waals surface area contributed by atoms with Crippen LogP contribution in [-0.4, -0.2) is 49.9 Å². The number of aromatic nitrogens is 4. The molecule has 2 unspecified atom stereocenters. The average molecular weight is 329 g/mol. The molecular formula is C17H23N5O2. The summed E-state index contributed by atoms with van der Waals surface area (Å²) in [5.74, 6) is 1.29. The molecule has 2 aliphatic rings. The number of fused-ring (bicyclic) bond motifs is 1. The summed E-state index contributed by atoms with van der Waals surface area (Å²) in [5, 5.41) is 8.11. The van der Waals surface area contributed by atoms with Crippen LogP contribution in [0.25, 0.3) is 0 Å². The Labute approximate surface area is 141 Å². The van der Waals surface area contributed by atoms with Gasteiger partial charge in [0.05, 0.1) is 19.3 Å². The summed E-state index contributed by atoms with van der Waals surface area (Å²) in [6.07, 6.45) is 6.29. The molecular weight excluding hydrogens is 306 g/mol. The number of rotatable bonds is 2. The first-order valence-corrected chi connectivity index (χ1v) is 8.60. The summed E-state index contributed by atoms with van der Waals surface area (Å²) < 4.78 is 9.81. The van der Waals surface area contributed by atoms with Gasteiger partial charge in [0.15, 0.2) is 0 Å². The lowest BCUT2D eigenvalue weighted by atomic mass is 9.97. The SMILES string of the molecule is Cn1cccc1C1COCCN1C(=O)C1CCc2nncn2CC1. The Morgan fingerprint density at radius 1 is 1.33 bits per heavy atom.